The van der Waals surface area contributed by atoms with E-state index in [1.165, 1.54) is 19.3 Å². The van der Waals surface area contributed by atoms with E-state index >= 15 is 0 Å². The molecular weight excluding hydrogens is 242 g/mol. The Kier molecular flexibility index (Phi) is 3.12. The van der Waals surface area contributed by atoms with E-state index in [9.17, 15) is 0 Å². The van der Waals surface area contributed by atoms with E-state index < -0.39 is 0 Å². The van der Waals surface area contributed by atoms with E-state index in [0.717, 1.165) is 39.4 Å². The van der Waals surface area contributed by atoms with Crippen molar-refractivity contribution in [3.63, 3.8) is 0 Å². The number of hydrogen-bond donors (Lipinski definition) is 2. The average Bonchev–Trinajstić information content (AvgIpc) is 2.92. The maximum Gasteiger partial charge on any atom is 0.183 e. The van der Waals surface area contributed by atoms with Gasteiger partial charge in [-0.15, -0.1) is 0 Å². The van der Waals surface area contributed by atoms with Crippen LogP contribution in [0.2, 0.25) is 0 Å². The second kappa shape index (κ2) is 4.76. The van der Waals surface area contributed by atoms with Crippen LogP contribution in [0, 0.1) is 11.8 Å². The molecule has 1 aromatic carbocycles. The fraction of sp³-hybridized carbons (Fsp3) is 0.500. The third-order valence-corrected chi connectivity index (χ3v) is 4.94. The van der Waals surface area contributed by atoms with Gasteiger partial charge in [-0.05, 0) is 36.5 Å². The number of rotatable bonds is 3. The molecule has 3 rings (SSSR count). The van der Waals surface area contributed by atoms with Crippen molar-refractivity contribution >= 4 is 32.4 Å². The van der Waals surface area contributed by atoms with Crippen LogP contribution in [0.4, 0.5) is 10.8 Å². The molecule has 3 nitrogen and oxygen atoms in total. The van der Waals surface area contributed by atoms with Gasteiger partial charge >= 0.3 is 0 Å². The van der Waals surface area contributed by atoms with Crippen LogP contribution < -0.4 is 11.1 Å². The van der Waals surface area contributed by atoms with Crippen molar-refractivity contribution in [2.45, 2.75) is 26.2 Å². The van der Waals surface area contributed by atoms with Gasteiger partial charge in [-0.25, -0.2) is 4.98 Å². The second-order valence-corrected chi connectivity index (χ2v) is 6.33. The van der Waals surface area contributed by atoms with Gasteiger partial charge in [0.25, 0.3) is 0 Å². The summed E-state index contributed by atoms with van der Waals surface area (Å²) < 4.78 is 1.16. The smallest absolute Gasteiger partial charge is 0.183 e. The molecule has 1 saturated carbocycles. The van der Waals surface area contributed by atoms with Crippen LogP contribution in [0.25, 0.3) is 10.2 Å². The first-order valence-electron chi connectivity index (χ1n) is 6.62. The highest BCUT2D eigenvalue weighted by Gasteiger charge is 2.23. The number of nitrogens with one attached hydrogen (secondary N) is 1. The number of benzene rings is 1. The van der Waals surface area contributed by atoms with Crippen molar-refractivity contribution in [1.82, 2.24) is 4.98 Å². The standard InChI is InChI=1S/C14H19N3S/c1-9-3-2-4-10(9)8-16-14-17-12-6-5-11(15)7-13(12)18-14/h5-7,9-10H,2-4,8,15H2,1H3,(H,16,17). The molecular formula is C14H19N3S. The predicted molar refractivity (Wildman–Crippen MR) is 79.0 cm³/mol. The zero-order valence-electron chi connectivity index (χ0n) is 10.6. The van der Waals surface area contributed by atoms with Crippen molar-refractivity contribution in [2.24, 2.45) is 11.8 Å². The molecule has 1 fully saturated rings. The number of nitrogens with zero attached hydrogens (tertiary/aromatic N) is 1. The van der Waals surface area contributed by atoms with E-state index in [4.69, 9.17) is 5.73 Å². The van der Waals surface area contributed by atoms with Crippen LogP contribution in [0.15, 0.2) is 18.2 Å². The van der Waals surface area contributed by atoms with Crippen LogP contribution in [0.3, 0.4) is 0 Å². The fourth-order valence-electron chi connectivity index (χ4n) is 2.76. The Hall–Kier alpha value is -1.29. The van der Waals surface area contributed by atoms with Crippen molar-refractivity contribution in [3.05, 3.63) is 18.2 Å². The van der Waals surface area contributed by atoms with Gasteiger partial charge in [0.15, 0.2) is 5.13 Å². The van der Waals surface area contributed by atoms with Crippen molar-refractivity contribution < 1.29 is 0 Å². The van der Waals surface area contributed by atoms with Gasteiger partial charge in [-0.3, -0.25) is 0 Å². The highest BCUT2D eigenvalue weighted by molar-refractivity contribution is 7.22. The number of hydrogen-bond acceptors (Lipinski definition) is 4. The molecule has 2 aromatic rings. The van der Waals surface area contributed by atoms with E-state index in [1.807, 2.05) is 18.2 Å². The Balaban J connectivity index is 1.71. The SMILES string of the molecule is CC1CCCC1CNc1nc2ccc(N)cc2s1. The summed E-state index contributed by atoms with van der Waals surface area (Å²) in [6.45, 7) is 3.41. The van der Waals surface area contributed by atoms with Gasteiger partial charge in [0.05, 0.1) is 10.2 Å². The summed E-state index contributed by atoms with van der Waals surface area (Å²) in [4.78, 5) is 4.59. The summed E-state index contributed by atoms with van der Waals surface area (Å²) in [5, 5.41) is 4.52. The first-order chi connectivity index (χ1) is 8.72. The highest BCUT2D eigenvalue weighted by atomic mass is 32.1. The number of fused-ring (bicyclic) bond motifs is 1. The van der Waals surface area contributed by atoms with Gasteiger partial charge in [-0.2, -0.15) is 0 Å². The lowest BCUT2D eigenvalue weighted by molar-refractivity contribution is 0.439. The second-order valence-electron chi connectivity index (χ2n) is 5.30. The molecule has 18 heavy (non-hydrogen) atoms. The van der Waals surface area contributed by atoms with E-state index in [1.54, 1.807) is 11.3 Å². The van der Waals surface area contributed by atoms with Gasteiger partial charge in [0.1, 0.15) is 0 Å². The molecule has 1 heterocycles. The minimum absolute atomic E-state index is 0.807. The summed E-state index contributed by atoms with van der Waals surface area (Å²) in [5.41, 5.74) is 7.63. The molecule has 96 valence electrons. The number of thiazole rings is 1. The first kappa shape index (κ1) is 11.8. The zero-order chi connectivity index (χ0) is 12.5. The van der Waals surface area contributed by atoms with Gasteiger partial charge in [0.2, 0.25) is 0 Å². The molecule has 0 spiro atoms. The lowest BCUT2D eigenvalue weighted by Crippen LogP contribution is -2.16. The normalized spacial score (nSPS) is 23.6. The summed E-state index contributed by atoms with van der Waals surface area (Å²) in [6.07, 6.45) is 4.11. The summed E-state index contributed by atoms with van der Waals surface area (Å²) >= 11 is 1.69. The van der Waals surface area contributed by atoms with E-state index in [0.29, 0.717) is 0 Å². The maximum atomic E-state index is 5.78. The molecule has 2 unspecified atom stereocenters. The predicted octanol–water partition coefficient (Wildman–Crippen LogP) is 3.73. The molecule has 0 aliphatic heterocycles. The first-order valence-corrected chi connectivity index (χ1v) is 7.44. The minimum atomic E-state index is 0.807. The van der Waals surface area contributed by atoms with Crippen LogP contribution >= 0.6 is 11.3 Å². The number of aromatic nitrogens is 1. The average molecular weight is 261 g/mol. The molecule has 1 aromatic heterocycles. The van der Waals surface area contributed by atoms with Crippen LogP contribution in [0.5, 0.6) is 0 Å². The Morgan fingerprint density at radius 1 is 1.44 bits per heavy atom. The van der Waals surface area contributed by atoms with Crippen LogP contribution in [-0.2, 0) is 0 Å². The molecule has 2 atom stereocenters. The molecule has 0 amide bonds. The Labute approximate surface area is 111 Å². The molecule has 1 aliphatic rings. The number of nitrogen functional groups attached to an aromatic ring is 1. The molecule has 1 aliphatic carbocycles. The van der Waals surface area contributed by atoms with Crippen molar-refractivity contribution in [2.75, 3.05) is 17.6 Å². The molecule has 4 heteroatoms. The summed E-state index contributed by atoms with van der Waals surface area (Å²) in [7, 11) is 0. The van der Waals surface area contributed by atoms with Gasteiger partial charge < -0.3 is 11.1 Å². The topological polar surface area (TPSA) is 50.9 Å². The third kappa shape index (κ3) is 2.29. The lowest BCUT2D eigenvalue weighted by Gasteiger charge is -2.14. The summed E-state index contributed by atoms with van der Waals surface area (Å²) in [5.74, 6) is 1.66. The van der Waals surface area contributed by atoms with E-state index in [2.05, 4.69) is 17.2 Å². The monoisotopic (exact) mass is 261 g/mol. The maximum absolute atomic E-state index is 5.78. The number of anilines is 2. The van der Waals surface area contributed by atoms with Crippen LogP contribution in [-0.4, -0.2) is 11.5 Å². The Morgan fingerprint density at radius 3 is 3.11 bits per heavy atom. The van der Waals surface area contributed by atoms with E-state index in [-0.39, 0.29) is 0 Å². The van der Waals surface area contributed by atoms with Gasteiger partial charge in [0, 0.05) is 12.2 Å². The highest BCUT2D eigenvalue weighted by Crippen LogP contribution is 2.32. The lowest BCUT2D eigenvalue weighted by atomic mass is 9.98. The molecule has 0 radical (unpaired) electrons. The zero-order valence-corrected chi connectivity index (χ0v) is 11.5. The largest absolute Gasteiger partial charge is 0.399 e. The van der Waals surface area contributed by atoms with Gasteiger partial charge in [-0.1, -0.05) is 31.1 Å². The number of nitrogens with two attached hydrogens (primary N) is 1. The fourth-order valence-corrected chi connectivity index (χ4v) is 3.68. The Bertz CT molecular complexity index is 549. The summed E-state index contributed by atoms with van der Waals surface area (Å²) in [6, 6.07) is 5.89. The molecule has 3 N–H and O–H groups in total. The minimum Gasteiger partial charge on any atom is -0.399 e. The molecule has 0 saturated heterocycles. The van der Waals surface area contributed by atoms with Crippen molar-refractivity contribution in [1.29, 1.82) is 0 Å². The molecule has 0 bridgehead atoms. The third-order valence-electron chi connectivity index (χ3n) is 3.97. The Morgan fingerprint density at radius 2 is 2.33 bits per heavy atom. The van der Waals surface area contributed by atoms with Crippen molar-refractivity contribution in [3.8, 4) is 0 Å². The van der Waals surface area contributed by atoms with Crippen LogP contribution in [0.1, 0.15) is 26.2 Å². The quantitative estimate of drug-likeness (QED) is 0.828.